The number of nitrogens with zero attached hydrogens (tertiary/aromatic N) is 2. The maximum Gasteiger partial charge on any atom is 0.133 e. The van der Waals surface area contributed by atoms with E-state index in [1.807, 2.05) is 13.1 Å². The molecule has 0 N–H and O–H groups in total. The minimum atomic E-state index is -0.373. The molecule has 1 atom stereocenters. The van der Waals surface area contributed by atoms with Gasteiger partial charge in [-0.25, -0.2) is 0 Å². The molecule has 0 aromatic carbocycles. The summed E-state index contributed by atoms with van der Waals surface area (Å²) in [6, 6.07) is 1.99. The van der Waals surface area contributed by atoms with Crippen LogP contribution in [0.3, 0.4) is 0 Å². The fourth-order valence-corrected chi connectivity index (χ4v) is 1.38. The summed E-state index contributed by atoms with van der Waals surface area (Å²) in [7, 11) is 1.98. The van der Waals surface area contributed by atoms with Gasteiger partial charge in [-0.15, -0.1) is 11.6 Å². The molecule has 11 heavy (non-hydrogen) atoms. The van der Waals surface area contributed by atoms with Gasteiger partial charge in [0.2, 0.25) is 0 Å². The van der Waals surface area contributed by atoms with Gasteiger partial charge in [0, 0.05) is 18.8 Å². The standard InChI is InChI=1S/C7H13ClN2S/c1-10(3-4-11-2)6-7(8)5-9/h7H,3-4,6H2,1-2H3. The maximum atomic E-state index is 8.40. The van der Waals surface area contributed by atoms with Crippen LogP contribution in [0.5, 0.6) is 0 Å². The van der Waals surface area contributed by atoms with Crippen LogP contribution in [0.4, 0.5) is 0 Å². The van der Waals surface area contributed by atoms with Crippen molar-refractivity contribution >= 4 is 23.4 Å². The van der Waals surface area contributed by atoms with Crippen molar-refractivity contribution in [2.75, 3.05) is 32.1 Å². The summed E-state index contributed by atoms with van der Waals surface area (Å²) in [4.78, 5) is 2.07. The van der Waals surface area contributed by atoms with Crippen molar-refractivity contribution in [2.45, 2.75) is 5.38 Å². The first-order valence-electron chi connectivity index (χ1n) is 3.42. The van der Waals surface area contributed by atoms with E-state index in [0.717, 1.165) is 12.3 Å². The van der Waals surface area contributed by atoms with Crippen LogP contribution in [-0.4, -0.2) is 42.4 Å². The van der Waals surface area contributed by atoms with Gasteiger partial charge in [0.05, 0.1) is 6.07 Å². The van der Waals surface area contributed by atoms with Gasteiger partial charge in [-0.3, -0.25) is 0 Å². The first-order chi connectivity index (χ1) is 5.20. The van der Waals surface area contributed by atoms with Crippen molar-refractivity contribution in [1.29, 1.82) is 5.26 Å². The van der Waals surface area contributed by atoms with E-state index in [0.29, 0.717) is 6.54 Å². The summed E-state index contributed by atoms with van der Waals surface area (Å²) in [6.45, 7) is 1.64. The molecule has 0 saturated carbocycles. The topological polar surface area (TPSA) is 27.0 Å². The molecule has 0 rings (SSSR count). The van der Waals surface area contributed by atoms with Gasteiger partial charge in [-0.05, 0) is 13.3 Å². The third-order valence-corrected chi connectivity index (χ3v) is 2.12. The van der Waals surface area contributed by atoms with Gasteiger partial charge in [0.15, 0.2) is 0 Å². The Morgan fingerprint density at radius 1 is 1.73 bits per heavy atom. The van der Waals surface area contributed by atoms with Gasteiger partial charge in [0.25, 0.3) is 0 Å². The van der Waals surface area contributed by atoms with Gasteiger partial charge in [-0.2, -0.15) is 17.0 Å². The lowest BCUT2D eigenvalue weighted by molar-refractivity contribution is 0.367. The summed E-state index contributed by atoms with van der Waals surface area (Å²) < 4.78 is 0. The Morgan fingerprint density at radius 3 is 2.82 bits per heavy atom. The van der Waals surface area contributed by atoms with Gasteiger partial charge in [0.1, 0.15) is 5.38 Å². The highest BCUT2D eigenvalue weighted by Gasteiger charge is 2.05. The van der Waals surface area contributed by atoms with Gasteiger partial charge in [-0.1, -0.05) is 0 Å². The molecule has 0 aliphatic rings. The molecule has 0 aromatic rings. The monoisotopic (exact) mass is 192 g/mol. The first kappa shape index (κ1) is 11.1. The van der Waals surface area contributed by atoms with Crippen LogP contribution < -0.4 is 0 Å². The fourth-order valence-electron chi connectivity index (χ4n) is 0.653. The number of hydrogen-bond acceptors (Lipinski definition) is 3. The van der Waals surface area contributed by atoms with Crippen molar-refractivity contribution in [3.05, 3.63) is 0 Å². The quantitative estimate of drug-likeness (QED) is 0.617. The van der Waals surface area contributed by atoms with Crippen LogP contribution in [0.15, 0.2) is 0 Å². The van der Waals surface area contributed by atoms with Crippen molar-refractivity contribution in [2.24, 2.45) is 0 Å². The van der Waals surface area contributed by atoms with E-state index < -0.39 is 0 Å². The Balaban J connectivity index is 3.37. The smallest absolute Gasteiger partial charge is 0.133 e. The zero-order valence-corrected chi connectivity index (χ0v) is 8.45. The van der Waals surface area contributed by atoms with Crippen molar-refractivity contribution in [3.63, 3.8) is 0 Å². The van der Waals surface area contributed by atoms with E-state index in [4.69, 9.17) is 16.9 Å². The Labute approximate surface area is 77.5 Å². The highest BCUT2D eigenvalue weighted by atomic mass is 35.5. The lowest BCUT2D eigenvalue weighted by Gasteiger charge is -2.15. The van der Waals surface area contributed by atoms with E-state index >= 15 is 0 Å². The molecule has 0 aromatic heterocycles. The zero-order chi connectivity index (χ0) is 8.69. The lowest BCUT2D eigenvalue weighted by Crippen LogP contribution is -2.27. The second-order valence-corrected chi connectivity index (χ2v) is 3.86. The largest absolute Gasteiger partial charge is 0.303 e. The van der Waals surface area contributed by atoms with Crippen LogP contribution >= 0.6 is 23.4 Å². The van der Waals surface area contributed by atoms with Crippen LogP contribution in [0, 0.1) is 11.3 Å². The average Bonchev–Trinajstić information content (AvgIpc) is 2.00. The molecule has 0 bridgehead atoms. The van der Waals surface area contributed by atoms with Crippen molar-refractivity contribution in [3.8, 4) is 6.07 Å². The molecule has 0 amide bonds. The number of rotatable bonds is 5. The van der Waals surface area contributed by atoms with E-state index in [-0.39, 0.29) is 5.38 Å². The Morgan fingerprint density at radius 2 is 2.36 bits per heavy atom. The van der Waals surface area contributed by atoms with E-state index in [9.17, 15) is 0 Å². The molecule has 1 unspecified atom stereocenters. The predicted octanol–water partition coefficient (Wildman–Crippen LogP) is 1.41. The molecule has 0 saturated heterocycles. The summed E-state index contributed by atoms with van der Waals surface area (Å²) in [5.41, 5.74) is 0. The minimum absolute atomic E-state index is 0.373. The van der Waals surface area contributed by atoms with E-state index in [1.54, 1.807) is 11.8 Å². The molecule has 0 aliphatic carbocycles. The molecule has 2 nitrogen and oxygen atoms in total. The Bertz CT molecular complexity index is 135. The fraction of sp³-hybridized carbons (Fsp3) is 0.857. The van der Waals surface area contributed by atoms with Crippen LogP contribution in [0.2, 0.25) is 0 Å². The molecule has 64 valence electrons. The lowest BCUT2D eigenvalue weighted by atomic mass is 10.4. The molecular formula is C7H13ClN2S. The van der Waals surface area contributed by atoms with Gasteiger partial charge < -0.3 is 4.90 Å². The maximum absolute atomic E-state index is 8.40. The van der Waals surface area contributed by atoms with Gasteiger partial charge >= 0.3 is 0 Å². The summed E-state index contributed by atoms with van der Waals surface area (Å²) >= 11 is 7.43. The number of thioether (sulfide) groups is 1. The number of alkyl halides is 1. The second kappa shape index (κ2) is 6.78. The molecular weight excluding hydrogens is 180 g/mol. The molecule has 0 spiro atoms. The average molecular weight is 193 g/mol. The second-order valence-electron chi connectivity index (χ2n) is 2.35. The molecule has 0 radical (unpaired) electrons. The van der Waals surface area contributed by atoms with E-state index in [1.165, 1.54) is 0 Å². The van der Waals surface area contributed by atoms with Crippen LogP contribution in [-0.2, 0) is 0 Å². The predicted molar refractivity (Wildman–Crippen MR) is 51.1 cm³/mol. The minimum Gasteiger partial charge on any atom is -0.303 e. The third kappa shape index (κ3) is 6.49. The molecule has 0 heterocycles. The summed E-state index contributed by atoms with van der Waals surface area (Å²) in [5.74, 6) is 1.09. The van der Waals surface area contributed by atoms with Crippen molar-refractivity contribution in [1.82, 2.24) is 4.90 Å². The van der Waals surface area contributed by atoms with Crippen molar-refractivity contribution < 1.29 is 0 Å². The highest BCUT2D eigenvalue weighted by Crippen LogP contribution is 1.98. The molecule has 4 heteroatoms. The normalized spacial score (nSPS) is 13.0. The summed E-state index contributed by atoms with van der Waals surface area (Å²) in [6.07, 6.45) is 2.07. The SMILES string of the molecule is CSCCN(C)CC(Cl)C#N. The van der Waals surface area contributed by atoms with Crippen LogP contribution in [0.1, 0.15) is 0 Å². The summed E-state index contributed by atoms with van der Waals surface area (Å²) in [5, 5.41) is 8.02. The Hall–Kier alpha value is 0.0900. The number of halogens is 1. The molecule has 0 fully saturated rings. The highest BCUT2D eigenvalue weighted by molar-refractivity contribution is 7.98. The number of nitriles is 1. The Kier molecular flexibility index (Phi) is 6.83. The van der Waals surface area contributed by atoms with E-state index in [2.05, 4.69) is 11.2 Å². The number of hydrogen-bond donors (Lipinski definition) is 0. The third-order valence-electron chi connectivity index (χ3n) is 1.29. The zero-order valence-electron chi connectivity index (χ0n) is 6.88. The molecule has 0 aliphatic heterocycles. The van der Waals surface area contributed by atoms with Crippen LogP contribution in [0.25, 0.3) is 0 Å². The first-order valence-corrected chi connectivity index (χ1v) is 5.25.